The zero-order valence-corrected chi connectivity index (χ0v) is 16.9. The van der Waals surface area contributed by atoms with Crippen LogP contribution in [0.25, 0.3) is 0 Å². The van der Waals surface area contributed by atoms with Crippen molar-refractivity contribution >= 4 is 17.2 Å². The average molecular weight is 399 g/mol. The minimum Gasteiger partial charge on any atom is -0.454 e. The minimum atomic E-state index is 0.248. The summed E-state index contributed by atoms with van der Waals surface area (Å²) in [5.41, 5.74) is 5.82. The zero-order valence-electron chi connectivity index (χ0n) is 16.9. The monoisotopic (exact) mass is 399 g/mol. The smallest absolute Gasteiger partial charge is 0.231 e. The molecule has 2 aromatic carbocycles. The first-order valence-corrected chi connectivity index (χ1v) is 9.86. The number of nitriles is 1. The maximum Gasteiger partial charge on any atom is 0.231 e. The van der Waals surface area contributed by atoms with Crippen molar-refractivity contribution in [1.29, 1.82) is 5.26 Å². The van der Waals surface area contributed by atoms with Crippen LogP contribution >= 0.6 is 0 Å². The summed E-state index contributed by atoms with van der Waals surface area (Å²) in [4.78, 5) is 13.4. The second-order valence-corrected chi connectivity index (χ2v) is 7.52. The first-order chi connectivity index (χ1) is 14.6. The molecule has 0 fully saturated rings. The summed E-state index contributed by atoms with van der Waals surface area (Å²) in [5, 5.41) is 9.61. The Morgan fingerprint density at radius 3 is 2.83 bits per heavy atom. The highest BCUT2D eigenvalue weighted by Crippen LogP contribution is 2.38. The summed E-state index contributed by atoms with van der Waals surface area (Å²) >= 11 is 0. The molecule has 0 bridgehead atoms. The number of aromatic nitrogens is 2. The Balaban J connectivity index is 1.50. The van der Waals surface area contributed by atoms with Crippen LogP contribution < -0.4 is 19.3 Å². The van der Waals surface area contributed by atoms with Crippen LogP contribution in [-0.2, 0) is 13.0 Å². The van der Waals surface area contributed by atoms with Crippen molar-refractivity contribution < 1.29 is 9.47 Å². The molecular formula is C23H21N5O2. The molecule has 3 aromatic rings. The Morgan fingerprint density at radius 1 is 1.10 bits per heavy atom. The van der Waals surface area contributed by atoms with E-state index in [0.717, 1.165) is 58.5 Å². The molecule has 0 saturated carbocycles. The van der Waals surface area contributed by atoms with E-state index in [0.29, 0.717) is 12.1 Å². The van der Waals surface area contributed by atoms with Crippen molar-refractivity contribution in [3.8, 4) is 17.6 Å². The summed E-state index contributed by atoms with van der Waals surface area (Å²) in [7, 11) is 1.99. The Kier molecular flexibility index (Phi) is 4.40. The van der Waals surface area contributed by atoms with Gasteiger partial charge in [-0.15, -0.1) is 0 Å². The third-order valence-electron chi connectivity index (χ3n) is 5.65. The first-order valence-electron chi connectivity index (χ1n) is 9.86. The van der Waals surface area contributed by atoms with Crippen molar-refractivity contribution in [1.82, 2.24) is 9.97 Å². The Morgan fingerprint density at radius 2 is 1.97 bits per heavy atom. The van der Waals surface area contributed by atoms with Crippen molar-refractivity contribution in [3.05, 3.63) is 65.1 Å². The number of benzene rings is 2. The van der Waals surface area contributed by atoms with Gasteiger partial charge in [-0.25, -0.2) is 9.97 Å². The largest absolute Gasteiger partial charge is 0.454 e. The molecule has 2 aliphatic heterocycles. The van der Waals surface area contributed by atoms with Crippen molar-refractivity contribution in [2.24, 2.45) is 0 Å². The predicted molar refractivity (Wildman–Crippen MR) is 113 cm³/mol. The van der Waals surface area contributed by atoms with Gasteiger partial charge >= 0.3 is 0 Å². The fraction of sp³-hybridized carbons (Fsp3) is 0.261. The number of hydrogen-bond donors (Lipinski definition) is 0. The van der Waals surface area contributed by atoms with Crippen LogP contribution in [0.2, 0.25) is 0 Å². The lowest BCUT2D eigenvalue weighted by atomic mass is 10.0. The van der Waals surface area contributed by atoms with Crippen molar-refractivity contribution in [2.75, 3.05) is 30.2 Å². The van der Waals surface area contributed by atoms with Crippen LogP contribution in [0.4, 0.5) is 17.2 Å². The molecule has 0 N–H and O–H groups in total. The molecule has 1 aromatic heterocycles. The van der Waals surface area contributed by atoms with Gasteiger partial charge in [-0.1, -0.05) is 6.07 Å². The molecule has 150 valence electrons. The highest BCUT2D eigenvalue weighted by molar-refractivity contribution is 5.68. The molecule has 0 radical (unpaired) electrons. The number of nitrogens with zero attached hydrogens (tertiary/aromatic N) is 5. The summed E-state index contributed by atoms with van der Waals surface area (Å²) in [5.74, 6) is 2.35. The van der Waals surface area contributed by atoms with E-state index in [1.165, 1.54) is 0 Å². The van der Waals surface area contributed by atoms with E-state index in [4.69, 9.17) is 9.47 Å². The summed E-state index contributed by atoms with van der Waals surface area (Å²) < 4.78 is 11.0. The number of rotatable bonds is 3. The maximum absolute atomic E-state index is 9.61. The normalized spacial score (nSPS) is 14.2. The quantitative estimate of drug-likeness (QED) is 0.664. The van der Waals surface area contributed by atoms with Gasteiger partial charge in [0.25, 0.3) is 0 Å². The first kappa shape index (κ1) is 18.3. The third kappa shape index (κ3) is 3.07. The highest BCUT2D eigenvalue weighted by Gasteiger charge is 2.25. The minimum absolute atomic E-state index is 0.248. The number of hydrogen-bond acceptors (Lipinski definition) is 7. The van der Waals surface area contributed by atoms with E-state index in [1.807, 2.05) is 55.3 Å². The van der Waals surface area contributed by atoms with Gasteiger partial charge in [0, 0.05) is 43.9 Å². The van der Waals surface area contributed by atoms with Crippen LogP contribution in [0.1, 0.15) is 22.4 Å². The summed E-state index contributed by atoms with van der Waals surface area (Å²) in [6.45, 7) is 3.72. The molecule has 0 unspecified atom stereocenters. The zero-order chi connectivity index (χ0) is 20.7. The van der Waals surface area contributed by atoms with Gasteiger partial charge in [-0.2, -0.15) is 5.26 Å². The Hall–Kier alpha value is -3.79. The molecule has 0 amide bonds. The fourth-order valence-corrected chi connectivity index (χ4v) is 4.05. The lowest BCUT2D eigenvalue weighted by Gasteiger charge is -2.33. The molecular weight excluding hydrogens is 378 g/mol. The van der Waals surface area contributed by atoms with Gasteiger partial charge in [0.05, 0.1) is 16.9 Å². The number of anilines is 3. The Labute approximate surface area is 175 Å². The van der Waals surface area contributed by atoms with Gasteiger partial charge in [0.2, 0.25) is 6.79 Å². The molecule has 5 rings (SSSR count). The Bertz CT molecular complexity index is 1170. The van der Waals surface area contributed by atoms with Gasteiger partial charge in [-0.05, 0) is 36.8 Å². The van der Waals surface area contributed by atoms with Gasteiger partial charge in [-0.3, -0.25) is 0 Å². The van der Waals surface area contributed by atoms with Crippen molar-refractivity contribution in [3.63, 3.8) is 0 Å². The van der Waals surface area contributed by atoms with Crippen LogP contribution in [0, 0.1) is 18.3 Å². The SMILES string of the molecule is Cc1ccc(N2CCc3ncnc(N(C)c4ccc5c(c4)OCO5)c3C2)c(C#N)c1. The van der Waals surface area contributed by atoms with Crippen LogP contribution in [0.5, 0.6) is 11.5 Å². The third-order valence-corrected chi connectivity index (χ3v) is 5.65. The number of ether oxygens (including phenoxy) is 2. The number of fused-ring (bicyclic) bond motifs is 2. The van der Waals surface area contributed by atoms with E-state index in [2.05, 4.69) is 20.9 Å². The van der Waals surface area contributed by atoms with Crippen molar-refractivity contribution in [2.45, 2.75) is 19.9 Å². The average Bonchev–Trinajstić information content (AvgIpc) is 3.25. The van der Waals surface area contributed by atoms with E-state index in [-0.39, 0.29) is 6.79 Å². The molecule has 3 heterocycles. The molecule has 30 heavy (non-hydrogen) atoms. The maximum atomic E-state index is 9.61. The lowest BCUT2D eigenvalue weighted by molar-refractivity contribution is 0.174. The van der Waals surface area contributed by atoms with E-state index in [9.17, 15) is 5.26 Å². The highest BCUT2D eigenvalue weighted by atomic mass is 16.7. The molecule has 0 aliphatic carbocycles. The second kappa shape index (κ2) is 7.23. The molecule has 0 spiro atoms. The summed E-state index contributed by atoms with van der Waals surface area (Å²) in [6, 6.07) is 14.2. The molecule has 0 atom stereocenters. The molecule has 7 nitrogen and oxygen atoms in total. The van der Waals surface area contributed by atoms with Gasteiger partial charge in [0.1, 0.15) is 18.2 Å². The van der Waals surface area contributed by atoms with Gasteiger partial charge in [0.15, 0.2) is 11.5 Å². The number of aryl methyl sites for hydroxylation is 1. The topological polar surface area (TPSA) is 74.5 Å². The second-order valence-electron chi connectivity index (χ2n) is 7.52. The predicted octanol–water partition coefficient (Wildman–Crippen LogP) is 3.72. The van der Waals surface area contributed by atoms with E-state index >= 15 is 0 Å². The van der Waals surface area contributed by atoms with Crippen LogP contribution in [-0.4, -0.2) is 30.4 Å². The fourth-order valence-electron chi connectivity index (χ4n) is 4.05. The standard InChI is InChI=1S/C23H21N5O2/c1-15-3-5-20(16(9-15)11-24)28-8-7-19-18(12-28)23(26-13-25-19)27(2)17-4-6-21-22(10-17)30-14-29-21/h3-6,9-10,13H,7-8,12,14H2,1-2H3. The van der Waals surface area contributed by atoms with E-state index in [1.54, 1.807) is 6.33 Å². The van der Waals surface area contributed by atoms with Gasteiger partial charge < -0.3 is 19.3 Å². The van der Waals surface area contributed by atoms with E-state index < -0.39 is 0 Å². The molecule has 2 aliphatic rings. The molecule has 0 saturated heterocycles. The van der Waals surface area contributed by atoms with Crippen LogP contribution in [0.3, 0.4) is 0 Å². The molecule has 7 heteroatoms. The van der Waals surface area contributed by atoms with Crippen LogP contribution in [0.15, 0.2) is 42.7 Å². The summed E-state index contributed by atoms with van der Waals surface area (Å²) in [6.07, 6.45) is 2.43. The lowest BCUT2D eigenvalue weighted by Crippen LogP contribution is -2.33.